The van der Waals surface area contributed by atoms with E-state index < -0.39 is 22.0 Å². The number of para-hydroxylation sites is 2. The van der Waals surface area contributed by atoms with Gasteiger partial charge < -0.3 is 9.47 Å². The van der Waals surface area contributed by atoms with Gasteiger partial charge in [-0.15, -0.1) is 0 Å². The van der Waals surface area contributed by atoms with Crippen LogP contribution in [-0.2, 0) is 14.8 Å². The van der Waals surface area contributed by atoms with E-state index in [9.17, 15) is 13.2 Å². The van der Waals surface area contributed by atoms with Crippen LogP contribution in [0.25, 0.3) is 0 Å². The number of sulfonamides is 1. The van der Waals surface area contributed by atoms with Gasteiger partial charge in [0.2, 0.25) is 16.1 Å². The van der Waals surface area contributed by atoms with Gasteiger partial charge in [-0.3, -0.25) is 4.79 Å². The van der Waals surface area contributed by atoms with Gasteiger partial charge in [0, 0.05) is 6.54 Å². The van der Waals surface area contributed by atoms with Crippen LogP contribution in [0.3, 0.4) is 0 Å². The summed E-state index contributed by atoms with van der Waals surface area (Å²) in [6.07, 6.45) is -0.0944. The van der Waals surface area contributed by atoms with Gasteiger partial charge in [0.05, 0.1) is 10.6 Å². The predicted octanol–water partition coefficient (Wildman–Crippen LogP) is 2.06. The smallest absolute Gasteiger partial charge is 0.284 e. The monoisotopic (exact) mass is 417 g/mol. The number of nitrogens with one attached hydrogen (secondary N) is 2. The number of benzene rings is 2. The number of fused-ring (bicyclic) bond motifs is 1. The lowest BCUT2D eigenvalue weighted by Crippen LogP contribution is -2.42. The minimum Gasteiger partial charge on any atom is -0.485 e. The highest BCUT2D eigenvalue weighted by Gasteiger charge is 2.27. The lowest BCUT2D eigenvalue weighted by molar-refractivity contribution is -0.130. The molecule has 1 amide bonds. The molecule has 0 saturated carbocycles. The van der Waals surface area contributed by atoms with E-state index in [-0.39, 0.29) is 11.5 Å². The number of carbonyl (C=O) groups excluding carboxylic acids is 1. The third-order valence-electron chi connectivity index (χ3n) is 4.26. The molecule has 0 unspecified atom stereocenters. The Bertz CT molecular complexity index is 1000. The summed E-state index contributed by atoms with van der Waals surface area (Å²) in [6.45, 7) is 4.08. The van der Waals surface area contributed by atoms with Crippen molar-refractivity contribution in [3.05, 3.63) is 54.1 Å². The Morgan fingerprint density at radius 1 is 1.14 bits per heavy atom. The maximum atomic E-state index is 12.3. The van der Waals surface area contributed by atoms with Gasteiger partial charge in [0.15, 0.2) is 11.5 Å². The Balaban J connectivity index is 1.62. The van der Waals surface area contributed by atoms with E-state index >= 15 is 0 Å². The fraction of sp³-hybridized carbons (Fsp3) is 0.300. The first-order valence-corrected chi connectivity index (χ1v) is 10.7. The molecule has 1 aliphatic rings. The average molecular weight is 417 g/mol. The van der Waals surface area contributed by atoms with E-state index in [0.717, 1.165) is 0 Å². The van der Waals surface area contributed by atoms with Gasteiger partial charge >= 0.3 is 0 Å². The maximum absolute atomic E-state index is 12.3. The Morgan fingerprint density at radius 3 is 2.52 bits per heavy atom. The van der Waals surface area contributed by atoms with E-state index in [1.165, 1.54) is 12.1 Å². The Kier molecular flexibility index (Phi) is 6.50. The molecule has 0 saturated heterocycles. The van der Waals surface area contributed by atoms with Crippen molar-refractivity contribution in [1.82, 2.24) is 10.1 Å². The van der Waals surface area contributed by atoms with Crippen molar-refractivity contribution in [2.24, 2.45) is 5.10 Å². The molecule has 2 aromatic carbocycles. The third-order valence-corrected chi connectivity index (χ3v) is 5.74. The molecule has 2 aromatic rings. The molecule has 1 heterocycles. The normalized spacial score (nSPS) is 16.3. The zero-order valence-corrected chi connectivity index (χ0v) is 17.0. The van der Waals surface area contributed by atoms with Gasteiger partial charge in [0.1, 0.15) is 6.61 Å². The van der Waals surface area contributed by atoms with E-state index in [0.29, 0.717) is 35.7 Å². The van der Waals surface area contributed by atoms with Crippen molar-refractivity contribution in [1.29, 1.82) is 0 Å². The van der Waals surface area contributed by atoms with Crippen LogP contribution in [0.1, 0.15) is 25.8 Å². The summed E-state index contributed by atoms with van der Waals surface area (Å²) in [7, 11) is -3.52. The lowest BCUT2D eigenvalue weighted by Gasteiger charge is -2.24. The molecule has 0 aromatic heterocycles. The molecule has 1 aliphatic heterocycles. The summed E-state index contributed by atoms with van der Waals surface area (Å²) < 4.78 is 37.9. The molecule has 0 fully saturated rings. The van der Waals surface area contributed by atoms with E-state index in [1.54, 1.807) is 37.3 Å². The first kappa shape index (κ1) is 20.8. The largest absolute Gasteiger partial charge is 0.485 e. The Hall–Kier alpha value is -2.91. The van der Waals surface area contributed by atoms with Gasteiger partial charge in [-0.25, -0.2) is 18.6 Å². The summed E-state index contributed by atoms with van der Waals surface area (Å²) in [6, 6.07) is 13.4. The van der Waals surface area contributed by atoms with Crippen LogP contribution in [0.15, 0.2) is 58.5 Å². The van der Waals surface area contributed by atoms with Crippen LogP contribution in [-0.4, -0.2) is 39.3 Å². The van der Waals surface area contributed by atoms with Crippen molar-refractivity contribution >= 4 is 21.6 Å². The van der Waals surface area contributed by atoms with Crippen molar-refractivity contribution in [2.45, 2.75) is 31.3 Å². The number of carbonyl (C=O) groups is 1. The minimum absolute atomic E-state index is 0.0920. The molecule has 154 valence electrons. The standard InChI is InChI=1S/C20H23N3O5S/c1-3-12-21-29(25,26)16-10-8-15(9-11-16)14(2)22-23-20(24)19-13-27-17-6-4-5-7-18(17)28-19/h4-11,19,21H,3,12-13H2,1-2H3,(H,23,24)/b22-14-/t19-/m1/s1. The van der Waals surface area contributed by atoms with Gasteiger partial charge in [-0.1, -0.05) is 31.2 Å². The Labute approximate surface area is 170 Å². The molecule has 0 radical (unpaired) electrons. The number of ether oxygens (including phenoxy) is 2. The van der Waals surface area contributed by atoms with Crippen molar-refractivity contribution in [2.75, 3.05) is 13.2 Å². The second kappa shape index (κ2) is 9.06. The summed E-state index contributed by atoms with van der Waals surface area (Å²) in [5, 5.41) is 4.08. The maximum Gasteiger partial charge on any atom is 0.284 e. The fourth-order valence-electron chi connectivity index (χ4n) is 2.62. The van der Waals surface area contributed by atoms with E-state index in [1.807, 2.05) is 13.0 Å². The highest BCUT2D eigenvalue weighted by atomic mass is 32.2. The van der Waals surface area contributed by atoms with Crippen LogP contribution in [0.4, 0.5) is 0 Å². The van der Waals surface area contributed by atoms with E-state index in [4.69, 9.17) is 9.47 Å². The van der Waals surface area contributed by atoms with Crippen LogP contribution in [0, 0.1) is 0 Å². The summed E-state index contributed by atoms with van der Waals surface area (Å²) >= 11 is 0. The number of nitrogens with zero attached hydrogens (tertiary/aromatic N) is 1. The molecule has 29 heavy (non-hydrogen) atoms. The minimum atomic E-state index is -3.52. The first-order valence-electron chi connectivity index (χ1n) is 9.23. The van der Waals surface area contributed by atoms with Gasteiger partial charge in [-0.05, 0) is 43.2 Å². The number of hydrogen-bond acceptors (Lipinski definition) is 6. The second-order valence-electron chi connectivity index (χ2n) is 6.46. The average Bonchev–Trinajstić information content (AvgIpc) is 2.75. The highest BCUT2D eigenvalue weighted by Crippen LogP contribution is 2.30. The number of rotatable bonds is 7. The number of amides is 1. The first-order chi connectivity index (χ1) is 13.9. The van der Waals surface area contributed by atoms with Crippen LogP contribution in [0.2, 0.25) is 0 Å². The number of hydrogen-bond donors (Lipinski definition) is 2. The molecular weight excluding hydrogens is 394 g/mol. The molecule has 9 heteroatoms. The van der Waals surface area contributed by atoms with Crippen molar-refractivity contribution < 1.29 is 22.7 Å². The van der Waals surface area contributed by atoms with Crippen LogP contribution >= 0.6 is 0 Å². The van der Waals surface area contributed by atoms with Gasteiger partial charge in [-0.2, -0.15) is 5.10 Å². The van der Waals surface area contributed by atoms with Crippen molar-refractivity contribution in [3.8, 4) is 11.5 Å². The second-order valence-corrected chi connectivity index (χ2v) is 8.23. The zero-order chi connectivity index (χ0) is 20.9. The molecular formula is C20H23N3O5S. The van der Waals surface area contributed by atoms with Gasteiger partial charge in [0.25, 0.3) is 5.91 Å². The summed E-state index contributed by atoms with van der Waals surface area (Å²) in [5.74, 6) is 0.676. The molecule has 0 aliphatic carbocycles. The number of hydrazone groups is 1. The summed E-state index contributed by atoms with van der Waals surface area (Å²) in [5.41, 5.74) is 3.68. The molecule has 0 spiro atoms. The van der Waals surface area contributed by atoms with Crippen LogP contribution < -0.4 is 19.6 Å². The highest BCUT2D eigenvalue weighted by molar-refractivity contribution is 7.89. The summed E-state index contributed by atoms with van der Waals surface area (Å²) in [4.78, 5) is 12.5. The zero-order valence-electron chi connectivity index (χ0n) is 16.2. The lowest BCUT2D eigenvalue weighted by atomic mass is 10.1. The predicted molar refractivity (Wildman–Crippen MR) is 109 cm³/mol. The molecule has 0 bridgehead atoms. The molecule has 3 rings (SSSR count). The fourth-order valence-corrected chi connectivity index (χ4v) is 3.75. The topological polar surface area (TPSA) is 106 Å². The SMILES string of the molecule is CCCNS(=O)(=O)c1ccc(/C(C)=N\NC(=O)[C@H]2COc3ccccc3O2)cc1. The quantitative estimate of drug-likeness (QED) is 0.530. The van der Waals surface area contributed by atoms with E-state index in [2.05, 4.69) is 15.2 Å². The van der Waals surface area contributed by atoms with Crippen molar-refractivity contribution in [3.63, 3.8) is 0 Å². The molecule has 1 atom stereocenters. The Morgan fingerprint density at radius 2 is 1.83 bits per heavy atom. The molecule has 2 N–H and O–H groups in total. The van der Waals surface area contributed by atoms with Crippen LogP contribution in [0.5, 0.6) is 11.5 Å². The third kappa shape index (κ3) is 5.12. The molecule has 8 nitrogen and oxygen atoms in total.